The van der Waals surface area contributed by atoms with Crippen LogP contribution in [-0.2, 0) is 9.59 Å². The monoisotopic (exact) mass is 361 g/mol. The van der Waals surface area contributed by atoms with Gasteiger partial charge >= 0.3 is 12.0 Å². The van der Waals surface area contributed by atoms with Gasteiger partial charge < -0.3 is 21.5 Å². The SMILES string of the molecule is NC(=O)CC[C@H](NC(=O)Nc1ccc(F)c(Br)c1)C(=O)O. The molecular weight excluding hydrogens is 349 g/mol. The van der Waals surface area contributed by atoms with Crippen molar-refractivity contribution in [3.8, 4) is 0 Å². The first-order valence-electron chi connectivity index (χ1n) is 5.83. The molecule has 1 atom stereocenters. The van der Waals surface area contributed by atoms with Crippen molar-refractivity contribution in [3.63, 3.8) is 0 Å². The van der Waals surface area contributed by atoms with Crippen molar-refractivity contribution in [1.29, 1.82) is 0 Å². The molecule has 0 aliphatic carbocycles. The summed E-state index contributed by atoms with van der Waals surface area (Å²) in [5, 5.41) is 13.5. The van der Waals surface area contributed by atoms with Gasteiger partial charge in [0.05, 0.1) is 4.47 Å². The summed E-state index contributed by atoms with van der Waals surface area (Å²) in [6.07, 6.45) is -0.287. The van der Waals surface area contributed by atoms with Gasteiger partial charge in [0.15, 0.2) is 0 Å². The zero-order chi connectivity index (χ0) is 16.0. The highest BCUT2D eigenvalue weighted by atomic mass is 79.9. The van der Waals surface area contributed by atoms with E-state index in [9.17, 15) is 18.8 Å². The lowest BCUT2D eigenvalue weighted by Crippen LogP contribution is -2.43. The first-order valence-corrected chi connectivity index (χ1v) is 6.62. The van der Waals surface area contributed by atoms with Crippen molar-refractivity contribution in [3.05, 3.63) is 28.5 Å². The van der Waals surface area contributed by atoms with Gasteiger partial charge in [-0.3, -0.25) is 4.79 Å². The molecule has 0 radical (unpaired) electrons. The summed E-state index contributed by atoms with van der Waals surface area (Å²) in [4.78, 5) is 33.2. The topological polar surface area (TPSA) is 122 Å². The molecule has 9 heteroatoms. The molecule has 5 N–H and O–H groups in total. The third-order valence-corrected chi connectivity index (χ3v) is 3.07. The summed E-state index contributed by atoms with van der Waals surface area (Å²) >= 11 is 2.96. The first-order chi connectivity index (χ1) is 9.79. The standard InChI is InChI=1S/C12H13BrFN3O4/c13-7-5-6(1-2-8(7)14)16-12(21)17-9(11(19)20)3-4-10(15)18/h1-2,5,9H,3-4H2,(H2,15,18)(H,19,20)(H2,16,17,21)/t9-/m0/s1. The molecule has 0 saturated heterocycles. The number of hydrogen-bond acceptors (Lipinski definition) is 3. The minimum absolute atomic E-state index is 0.120. The number of carbonyl (C=O) groups excluding carboxylic acids is 2. The summed E-state index contributed by atoms with van der Waals surface area (Å²) in [5.74, 6) is -2.44. The van der Waals surface area contributed by atoms with Crippen LogP contribution in [0.5, 0.6) is 0 Å². The average molecular weight is 362 g/mol. The Kier molecular flexibility index (Phi) is 6.10. The summed E-state index contributed by atoms with van der Waals surface area (Å²) in [5.41, 5.74) is 5.20. The molecular formula is C12H13BrFN3O4. The number of amides is 3. The molecule has 114 valence electrons. The van der Waals surface area contributed by atoms with Gasteiger partial charge in [0.1, 0.15) is 11.9 Å². The summed E-state index contributed by atoms with van der Waals surface area (Å²) in [6.45, 7) is 0. The molecule has 0 aliphatic heterocycles. The Hall–Kier alpha value is -2.16. The molecule has 0 spiro atoms. The lowest BCUT2D eigenvalue weighted by Gasteiger charge is -2.14. The quantitative estimate of drug-likeness (QED) is 0.612. The van der Waals surface area contributed by atoms with E-state index in [1.807, 2.05) is 0 Å². The zero-order valence-corrected chi connectivity index (χ0v) is 12.3. The molecule has 21 heavy (non-hydrogen) atoms. The van der Waals surface area contributed by atoms with Crippen molar-refractivity contribution in [2.45, 2.75) is 18.9 Å². The van der Waals surface area contributed by atoms with Crippen LogP contribution in [0.25, 0.3) is 0 Å². The molecule has 0 saturated carbocycles. The molecule has 0 bridgehead atoms. The van der Waals surface area contributed by atoms with E-state index in [1.54, 1.807) is 0 Å². The molecule has 0 heterocycles. The van der Waals surface area contributed by atoms with Gasteiger partial charge in [0.2, 0.25) is 5.91 Å². The van der Waals surface area contributed by atoms with E-state index in [-0.39, 0.29) is 23.0 Å². The maximum atomic E-state index is 13.0. The van der Waals surface area contributed by atoms with E-state index in [4.69, 9.17) is 10.8 Å². The predicted molar refractivity (Wildman–Crippen MR) is 76.1 cm³/mol. The van der Waals surface area contributed by atoms with Crippen LogP contribution in [0.15, 0.2) is 22.7 Å². The Bertz CT molecular complexity index is 567. The van der Waals surface area contributed by atoms with Crippen molar-refractivity contribution in [2.24, 2.45) is 5.73 Å². The Morgan fingerprint density at radius 2 is 2.05 bits per heavy atom. The number of primary amides is 1. The minimum atomic E-state index is -1.29. The van der Waals surface area contributed by atoms with Crippen LogP contribution in [-0.4, -0.2) is 29.1 Å². The molecule has 0 aromatic heterocycles. The molecule has 1 rings (SSSR count). The molecule has 1 aromatic rings. The number of rotatable bonds is 6. The number of carbonyl (C=O) groups is 3. The number of aliphatic carboxylic acids is 1. The Morgan fingerprint density at radius 1 is 1.38 bits per heavy atom. The van der Waals surface area contributed by atoms with Crippen molar-refractivity contribution in [2.75, 3.05) is 5.32 Å². The third-order valence-electron chi connectivity index (χ3n) is 2.46. The number of benzene rings is 1. The fourth-order valence-corrected chi connectivity index (χ4v) is 1.82. The fourth-order valence-electron chi connectivity index (χ4n) is 1.44. The highest BCUT2D eigenvalue weighted by molar-refractivity contribution is 9.10. The Balaban J connectivity index is 2.62. The Morgan fingerprint density at radius 3 is 2.57 bits per heavy atom. The van der Waals surface area contributed by atoms with Gasteiger partial charge in [-0.25, -0.2) is 14.0 Å². The summed E-state index contributed by atoms with van der Waals surface area (Å²) in [6, 6.07) is 1.75. The van der Waals surface area contributed by atoms with Gasteiger partial charge in [-0.05, 0) is 40.5 Å². The average Bonchev–Trinajstić information content (AvgIpc) is 2.38. The molecule has 0 fully saturated rings. The number of halogens is 2. The second kappa shape index (κ2) is 7.58. The lowest BCUT2D eigenvalue weighted by molar-refractivity contribution is -0.139. The molecule has 0 aliphatic rings. The maximum Gasteiger partial charge on any atom is 0.326 e. The largest absolute Gasteiger partial charge is 0.480 e. The van der Waals surface area contributed by atoms with E-state index in [0.29, 0.717) is 0 Å². The van der Waals surface area contributed by atoms with Gasteiger partial charge in [0, 0.05) is 12.1 Å². The van der Waals surface area contributed by atoms with Crippen LogP contribution in [0.1, 0.15) is 12.8 Å². The number of anilines is 1. The fraction of sp³-hybridized carbons (Fsp3) is 0.250. The molecule has 7 nitrogen and oxygen atoms in total. The third kappa shape index (κ3) is 5.78. The number of nitrogens with one attached hydrogen (secondary N) is 2. The maximum absolute atomic E-state index is 13.0. The Labute approximate surface area is 127 Å². The number of hydrogen-bond donors (Lipinski definition) is 4. The summed E-state index contributed by atoms with van der Waals surface area (Å²) in [7, 11) is 0. The zero-order valence-electron chi connectivity index (χ0n) is 10.7. The van der Waals surface area contributed by atoms with Crippen molar-refractivity contribution < 1.29 is 23.9 Å². The van der Waals surface area contributed by atoms with Gasteiger partial charge in [-0.1, -0.05) is 0 Å². The second-order valence-corrected chi connectivity index (χ2v) is 4.98. The van der Waals surface area contributed by atoms with E-state index in [1.165, 1.54) is 12.1 Å². The highest BCUT2D eigenvalue weighted by Gasteiger charge is 2.20. The normalized spacial score (nSPS) is 11.5. The van der Waals surface area contributed by atoms with Crippen LogP contribution < -0.4 is 16.4 Å². The number of carboxylic acids is 1. The van der Waals surface area contributed by atoms with E-state index >= 15 is 0 Å². The molecule has 0 unspecified atom stereocenters. The van der Waals surface area contributed by atoms with E-state index < -0.39 is 29.8 Å². The predicted octanol–water partition coefficient (Wildman–Crippen LogP) is 1.43. The van der Waals surface area contributed by atoms with Crippen LogP contribution in [0.2, 0.25) is 0 Å². The lowest BCUT2D eigenvalue weighted by atomic mass is 10.1. The van der Waals surface area contributed by atoms with Crippen LogP contribution in [0, 0.1) is 5.82 Å². The van der Waals surface area contributed by atoms with Gasteiger partial charge in [-0.15, -0.1) is 0 Å². The number of carboxylic acid groups (broad SMARTS) is 1. The van der Waals surface area contributed by atoms with Gasteiger partial charge in [-0.2, -0.15) is 0 Å². The molecule has 1 aromatic carbocycles. The van der Waals surface area contributed by atoms with Crippen LogP contribution >= 0.6 is 15.9 Å². The number of urea groups is 1. The van der Waals surface area contributed by atoms with Crippen LogP contribution in [0.4, 0.5) is 14.9 Å². The summed E-state index contributed by atoms with van der Waals surface area (Å²) < 4.78 is 13.2. The van der Waals surface area contributed by atoms with E-state index in [2.05, 4.69) is 26.6 Å². The van der Waals surface area contributed by atoms with Crippen molar-refractivity contribution in [1.82, 2.24) is 5.32 Å². The first kappa shape index (κ1) is 16.9. The second-order valence-electron chi connectivity index (χ2n) is 4.12. The van der Waals surface area contributed by atoms with Crippen LogP contribution in [0.3, 0.4) is 0 Å². The minimum Gasteiger partial charge on any atom is -0.480 e. The smallest absolute Gasteiger partial charge is 0.326 e. The van der Waals surface area contributed by atoms with Crippen molar-refractivity contribution >= 4 is 39.5 Å². The van der Waals surface area contributed by atoms with E-state index in [0.717, 1.165) is 6.07 Å². The number of nitrogens with two attached hydrogens (primary N) is 1. The van der Waals surface area contributed by atoms with Gasteiger partial charge in [0.25, 0.3) is 0 Å². The highest BCUT2D eigenvalue weighted by Crippen LogP contribution is 2.19. The molecule has 3 amide bonds.